The Morgan fingerprint density at radius 2 is 2.04 bits per heavy atom. The summed E-state index contributed by atoms with van der Waals surface area (Å²) in [7, 11) is 0. The number of fused-ring (bicyclic) bond motifs is 1. The van der Waals surface area contributed by atoms with Gasteiger partial charge in [0.15, 0.2) is 0 Å². The zero-order valence-corrected chi connectivity index (χ0v) is 16.8. The van der Waals surface area contributed by atoms with Gasteiger partial charge in [-0.3, -0.25) is 14.3 Å². The first-order valence-corrected chi connectivity index (χ1v) is 10.2. The lowest BCUT2D eigenvalue weighted by Crippen LogP contribution is -2.54. The van der Waals surface area contributed by atoms with E-state index >= 15 is 0 Å². The maximum Gasteiger partial charge on any atom is 0.261 e. The molecule has 4 rings (SSSR count). The van der Waals surface area contributed by atoms with Gasteiger partial charge >= 0.3 is 0 Å². The van der Waals surface area contributed by atoms with Gasteiger partial charge in [-0.25, -0.2) is 4.98 Å². The van der Waals surface area contributed by atoms with Gasteiger partial charge in [-0.05, 0) is 44.9 Å². The molecule has 1 N–H and O–H groups in total. The third kappa shape index (κ3) is 3.92. The number of nitrogens with zero attached hydrogens (tertiary/aromatic N) is 4. The van der Waals surface area contributed by atoms with E-state index in [2.05, 4.69) is 14.8 Å². The summed E-state index contributed by atoms with van der Waals surface area (Å²) in [5.41, 5.74) is 1.15. The van der Waals surface area contributed by atoms with Crippen molar-refractivity contribution in [3.05, 3.63) is 34.9 Å². The van der Waals surface area contributed by atoms with Crippen LogP contribution in [0.25, 0.3) is 10.9 Å². The molecule has 152 valence electrons. The number of aliphatic hydroxyl groups is 1. The standard InChI is InChI=1S/C21H30N4O3/c1-16(2)25-15-22-19-12-17(4-5-18(19)20(25)26)24-9-7-23(8-10-24)13-21(27)6-3-11-28-14-21/h4-5,12,15-16,27H,3,6-11,13-14H2,1-2H3. The first-order valence-electron chi connectivity index (χ1n) is 10.2. The summed E-state index contributed by atoms with van der Waals surface area (Å²) < 4.78 is 7.14. The average molecular weight is 386 g/mol. The van der Waals surface area contributed by atoms with Gasteiger partial charge in [0.05, 0.1) is 23.8 Å². The maximum absolute atomic E-state index is 12.6. The van der Waals surface area contributed by atoms with E-state index in [1.54, 1.807) is 10.9 Å². The van der Waals surface area contributed by atoms with Crippen LogP contribution >= 0.6 is 0 Å². The number of β-amino-alcohol motifs (C(OH)–C–C–N with tert-alkyl or cyclic N) is 1. The normalized spacial score (nSPS) is 24.2. The number of hydrogen-bond donors (Lipinski definition) is 1. The van der Waals surface area contributed by atoms with Gasteiger partial charge in [-0.1, -0.05) is 0 Å². The number of rotatable bonds is 4. The Morgan fingerprint density at radius 3 is 2.71 bits per heavy atom. The molecule has 1 unspecified atom stereocenters. The first-order chi connectivity index (χ1) is 13.5. The molecule has 0 saturated carbocycles. The molecule has 7 nitrogen and oxygen atoms in total. The van der Waals surface area contributed by atoms with E-state index in [4.69, 9.17) is 4.74 Å². The maximum atomic E-state index is 12.6. The third-order valence-corrected chi connectivity index (χ3v) is 5.88. The van der Waals surface area contributed by atoms with Crippen molar-refractivity contribution in [2.45, 2.75) is 38.3 Å². The highest BCUT2D eigenvalue weighted by Gasteiger charge is 2.33. The summed E-state index contributed by atoms with van der Waals surface area (Å²) in [6, 6.07) is 6.03. The second-order valence-corrected chi connectivity index (χ2v) is 8.40. The highest BCUT2D eigenvalue weighted by atomic mass is 16.5. The average Bonchev–Trinajstić information content (AvgIpc) is 2.68. The molecule has 2 aliphatic rings. The molecule has 1 atom stereocenters. The van der Waals surface area contributed by atoms with Crippen molar-refractivity contribution in [3.63, 3.8) is 0 Å². The van der Waals surface area contributed by atoms with Crippen LogP contribution in [0.1, 0.15) is 32.7 Å². The highest BCUT2D eigenvalue weighted by molar-refractivity contribution is 5.81. The zero-order chi connectivity index (χ0) is 19.7. The lowest BCUT2D eigenvalue weighted by atomic mass is 9.96. The minimum Gasteiger partial charge on any atom is -0.386 e. The molecule has 2 fully saturated rings. The Balaban J connectivity index is 1.43. The zero-order valence-electron chi connectivity index (χ0n) is 16.8. The van der Waals surface area contributed by atoms with Crippen LogP contribution in [0, 0.1) is 0 Å². The quantitative estimate of drug-likeness (QED) is 0.862. The highest BCUT2D eigenvalue weighted by Crippen LogP contribution is 2.24. The Morgan fingerprint density at radius 1 is 1.25 bits per heavy atom. The number of hydrogen-bond acceptors (Lipinski definition) is 6. The SMILES string of the molecule is CC(C)n1cnc2cc(N3CCN(CC4(O)CCCOC4)CC3)ccc2c1=O. The minimum atomic E-state index is -0.705. The van der Waals surface area contributed by atoms with E-state index in [0.29, 0.717) is 18.5 Å². The molecule has 1 aromatic heterocycles. The minimum absolute atomic E-state index is 0.0133. The number of benzene rings is 1. The molecule has 0 radical (unpaired) electrons. The van der Waals surface area contributed by atoms with Gasteiger partial charge in [-0.15, -0.1) is 0 Å². The summed E-state index contributed by atoms with van der Waals surface area (Å²) in [6.45, 7) is 9.44. The van der Waals surface area contributed by atoms with Crippen LogP contribution in [0.3, 0.4) is 0 Å². The number of piperazine rings is 1. The summed E-state index contributed by atoms with van der Waals surface area (Å²) in [5, 5.41) is 11.4. The number of ether oxygens (including phenoxy) is 1. The Hall–Kier alpha value is -1.96. The topological polar surface area (TPSA) is 70.8 Å². The molecule has 1 aromatic carbocycles. The van der Waals surface area contributed by atoms with Crippen LogP contribution < -0.4 is 10.5 Å². The van der Waals surface area contributed by atoms with Crippen molar-refractivity contribution in [3.8, 4) is 0 Å². The molecular formula is C21H30N4O3. The molecule has 0 amide bonds. The second kappa shape index (κ2) is 7.81. The van der Waals surface area contributed by atoms with Crippen molar-refractivity contribution < 1.29 is 9.84 Å². The van der Waals surface area contributed by atoms with Crippen LogP contribution in [-0.4, -0.2) is 71.1 Å². The number of anilines is 1. The van der Waals surface area contributed by atoms with Gasteiger partial charge in [0.25, 0.3) is 5.56 Å². The lowest BCUT2D eigenvalue weighted by molar-refractivity contribution is -0.100. The van der Waals surface area contributed by atoms with Crippen LogP contribution in [0.5, 0.6) is 0 Å². The van der Waals surface area contributed by atoms with Crippen LogP contribution in [0.15, 0.2) is 29.3 Å². The van der Waals surface area contributed by atoms with Gasteiger partial charge in [0.1, 0.15) is 5.60 Å². The molecule has 7 heteroatoms. The third-order valence-electron chi connectivity index (χ3n) is 5.88. The van der Waals surface area contributed by atoms with E-state index in [9.17, 15) is 9.90 Å². The second-order valence-electron chi connectivity index (χ2n) is 8.40. The lowest BCUT2D eigenvalue weighted by Gasteiger charge is -2.41. The molecule has 2 aliphatic heterocycles. The molecule has 0 spiro atoms. The Bertz CT molecular complexity index is 881. The predicted octanol–water partition coefficient (Wildman–Crippen LogP) is 1.64. The van der Waals surface area contributed by atoms with Crippen molar-refractivity contribution in [1.29, 1.82) is 0 Å². The van der Waals surface area contributed by atoms with Crippen LogP contribution in [0.2, 0.25) is 0 Å². The fourth-order valence-corrected chi connectivity index (χ4v) is 4.23. The van der Waals surface area contributed by atoms with E-state index < -0.39 is 5.60 Å². The van der Waals surface area contributed by atoms with Gasteiger partial charge in [-0.2, -0.15) is 0 Å². The Kier molecular flexibility index (Phi) is 5.40. The fraction of sp³-hybridized carbons (Fsp3) is 0.619. The smallest absolute Gasteiger partial charge is 0.261 e. The van der Waals surface area contributed by atoms with Crippen molar-refractivity contribution in [1.82, 2.24) is 14.5 Å². The molecule has 2 aromatic rings. The summed E-state index contributed by atoms with van der Waals surface area (Å²) in [6.07, 6.45) is 3.39. The molecular weight excluding hydrogens is 356 g/mol. The van der Waals surface area contributed by atoms with Gasteiger partial charge < -0.3 is 14.7 Å². The predicted molar refractivity (Wildman–Crippen MR) is 110 cm³/mol. The van der Waals surface area contributed by atoms with Crippen molar-refractivity contribution in [2.24, 2.45) is 0 Å². The summed E-state index contributed by atoms with van der Waals surface area (Å²) >= 11 is 0. The van der Waals surface area contributed by atoms with E-state index in [1.807, 2.05) is 32.0 Å². The van der Waals surface area contributed by atoms with Gasteiger partial charge in [0.2, 0.25) is 0 Å². The van der Waals surface area contributed by atoms with Crippen molar-refractivity contribution in [2.75, 3.05) is 50.8 Å². The van der Waals surface area contributed by atoms with E-state index in [1.165, 1.54) is 0 Å². The molecule has 28 heavy (non-hydrogen) atoms. The monoisotopic (exact) mass is 386 g/mol. The number of aromatic nitrogens is 2. The van der Waals surface area contributed by atoms with Crippen LogP contribution in [0.4, 0.5) is 5.69 Å². The fourth-order valence-electron chi connectivity index (χ4n) is 4.23. The van der Waals surface area contributed by atoms with E-state index in [0.717, 1.165) is 56.8 Å². The molecule has 3 heterocycles. The van der Waals surface area contributed by atoms with Crippen molar-refractivity contribution >= 4 is 16.6 Å². The molecule has 0 aliphatic carbocycles. The molecule has 0 bridgehead atoms. The van der Waals surface area contributed by atoms with E-state index in [-0.39, 0.29) is 11.6 Å². The summed E-state index contributed by atoms with van der Waals surface area (Å²) in [5.74, 6) is 0. The first kappa shape index (κ1) is 19.4. The van der Waals surface area contributed by atoms with Gasteiger partial charge in [0, 0.05) is 51.1 Å². The molecule has 2 saturated heterocycles. The Labute approximate surface area is 165 Å². The largest absolute Gasteiger partial charge is 0.386 e. The van der Waals surface area contributed by atoms with Crippen LogP contribution in [-0.2, 0) is 4.74 Å². The summed E-state index contributed by atoms with van der Waals surface area (Å²) in [4.78, 5) is 21.7.